The van der Waals surface area contributed by atoms with Crippen LogP contribution in [-0.4, -0.2) is 0 Å². The zero-order valence-corrected chi connectivity index (χ0v) is 29.4. The van der Waals surface area contributed by atoms with Crippen molar-refractivity contribution in [2.45, 2.75) is 0 Å². The largest absolute Gasteiger partial charge is 0.455 e. The van der Waals surface area contributed by atoms with Crippen molar-refractivity contribution in [1.29, 1.82) is 0 Å². The zero-order chi connectivity index (χ0) is 35.6. The Hall–Kier alpha value is -7.16. The van der Waals surface area contributed by atoms with E-state index in [1.807, 2.05) is 0 Å². The van der Waals surface area contributed by atoms with Crippen LogP contribution in [-0.2, 0) is 0 Å². The van der Waals surface area contributed by atoms with Gasteiger partial charge in [-0.3, -0.25) is 0 Å². The zero-order valence-electron chi connectivity index (χ0n) is 29.4. The fraction of sp³-hybridized carbons (Fsp3) is 0. The first-order valence-corrected chi connectivity index (χ1v) is 18.5. The Balaban J connectivity index is 1.06. The van der Waals surface area contributed by atoms with Gasteiger partial charge in [0.25, 0.3) is 0 Å². The van der Waals surface area contributed by atoms with Gasteiger partial charge in [0.05, 0.1) is 0 Å². The van der Waals surface area contributed by atoms with E-state index in [0.29, 0.717) is 0 Å². The molecule has 0 unspecified atom stereocenters. The molecule has 1 heterocycles. The lowest BCUT2D eigenvalue weighted by Gasteiger charge is -2.25. The van der Waals surface area contributed by atoms with Gasteiger partial charge < -0.3 is 9.32 Å². The highest BCUT2D eigenvalue weighted by Gasteiger charge is 2.19. The van der Waals surface area contributed by atoms with Crippen molar-refractivity contribution in [3.63, 3.8) is 0 Å². The molecule has 11 rings (SSSR count). The second-order valence-electron chi connectivity index (χ2n) is 14.1. The molecule has 0 radical (unpaired) electrons. The summed E-state index contributed by atoms with van der Waals surface area (Å²) in [6.07, 6.45) is 0. The van der Waals surface area contributed by atoms with E-state index < -0.39 is 0 Å². The van der Waals surface area contributed by atoms with Crippen molar-refractivity contribution in [2.24, 2.45) is 0 Å². The lowest BCUT2D eigenvalue weighted by atomic mass is 9.91. The van der Waals surface area contributed by atoms with Gasteiger partial charge in [-0.05, 0) is 108 Å². The predicted octanol–water partition coefficient (Wildman–Crippen LogP) is 15.0. The highest BCUT2D eigenvalue weighted by Crippen LogP contribution is 2.44. The monoisotopic (exact) mass is 687 g/mol. The second-order valence-corrected chi connectivity index (χ2v) is 14.1. The molecule has 11 aromatic rings. The maximum Gasteiger partial charge on any atom is 0.143 e. The minimum atomic E-state index is 0.864. The molecule has 0 saturated heterocycles. The molecule has 0 saturated carbocycles. The van der Waals surface area contributed by atoms with Gasteiger partial charge in [-0.25, -0.2) is 0 Å². The van der Waals surface area contributed by atoms with Gasteiger partial charge in [0.2, 0.25) is 0 Å². The van der Waals surface area contributed by atoms with Crippen LogP contribution < -0.4 is 4.90 Å². The van der Waals surface area contributed by atoms with Crippen molar-refractivity contribution in [1.82, 2.24) is 0 Å². The summed E-state index contributed by atoms with van der Waals surface area (Å²) in [6.45, 7) is 0. The van der Waals surface area contributed by atoms with E-state index in [0.717, 1.165) is 50.1 Å². The normalized spacial score (nSPS) is 11.7. The quantitative estimate of drug-likeness (QED) is 0.168. The molecule has 0 spiro atoms. The third-order valence-electron chi connectivity index (χ3n) is 11.0. The molecule has 0 fully saturated rings. The molecule has 0 aliphatic rings. The summed E-state index contributed by atoms with van der Waals surface area (Å²) in [7, 11) is 0. The molecule has 252 valence electrons. The highest BCUT2D eigenvalue weighted by atomic mass is 16.3. The Morgan fingerprint density at radius 2 is 0.796 bits per heavy atom. The van der Waals surface area contributed by atoms with Gasteiger partial charge in [-0.2, -0.15) is 0 Å². The Morgan fingerprint density at radius 3 is 1.44 bits per heavy atom. The van der Waals surface area contributed by atoms with Crippen LogP contribution in [0.2, 0.25) is 0 Å². The lowest BCUT2D eigenvalue weighted by molar-refractivity contribution is 0.670. The summed E-state index contributed by atoms with van der Waals surface area (Å²) < 4.78 is 6.92. The second kappa shape index (κ2) is 12.2. The Morgan fingerprint density at radius 1 is 0.296 bits per heavy atom. The van der Waals surface area contributed by atoms with E-state index >= 15 is 0 Å². The molecule has 1 aromatic heterocycles. The number of para-hydroxylation sites is 2. The molecule has 0 aliphatic carbocycles. The highest BCUT2D eigenvalue weighted by molar-refractivity contribution is 6.26. The summed E-state index contributed by atoms with van der Waals surface area (Å²) >= 11 is 0. The third kappa shape index (κ3) is 4.81. The fourth-order valence-corrected chi connectivity index (χ4v) is 8.51. The smallest absolute Gasteiger partial charge is 0.143 e. The molecular formula is C52H33NO. The molecule has 0 amide bonds. The van der Waals surface area contributed by atoms with E-state index in [2.05, 4.69) is 205 Å². The molecule has 0 aliphatic heterocycles. The summed E-state index contributed by atoms with van der Waals surface area (Å²) in [5.74, 6) is 0. The van der Waals surface area contributed by atoms with Gasteiger partial charge in [0.15, 0.2) is 0 Å². The topological polar surface area (TPSA) is 16.4 Å². The number of rotatable bonds is 5. The SMILES string of the molecule is c1ccc(N(c2ccccc2)c2ccc3c(c2)oc2c(-c4ccc(-c5ccc6c7ccccc7c7ccccc7c6c5)cc4)c4ccccc4cc23)cc1. The number of fused-ring (bicyclic) bond motifs is 10. The first-order chi connectivity index (χ1) is 26.8. The van der Waals surface area contributed by atoms with Gasteiger partial charge in [0.1, 0.15) is 11.2 Å². The van der Waals surface area contributed by atoms with Crippen molar-refractivity contribution in [2.75, 3.05) is 4.90 Å². The first-order valence-electron chi connectivity index (χ1n) is 18.5. The van der Waals surface area contributed by atoms with Crippen molar-refractivity contribution >= 4 is 82.1 Å². The average molecular weight is 688 g/mol. The summed E-state index contributed by atoms with van der Waals surface area (Å²) in [4.78, 5) is 2.28. The Bertz CT molecular complexity index is 3120. The number of anilines is 3. The fourth-order valence-electron chi connectivity index (χ4n) is 8.51. The van der Waals surface area contributed by atoms with Crippen LogP contribution >= 0.6 is 0 Å². The Labute approximate surface area is 312 Å². The number of furan rings is 1. The van der Waals surface area contributed by atoms with Crippen LogP contribution in [0.5, 0.6) is 0 Å². The van der Waals surface area contributed by atoms with Crippen LogP contribution in [0.15, 0.2) is 205 Å². The van der Waals surface area contributed by atoms with Crippen molar-refractivity contribution in [3.05, 3.63) is 200 Å². The number of hydrogen-bond donors (Lipinski definition) is 0. The maximum absolute atomic E-state index is 6.92. The lowest BCUT2D eigenvalue weighted by Crippen LogP contribution is -2.09. The third-order valence-corrected chi connectivity index (χ3v) is 11.0. The molecule has 54 heavy (non-hydrogen) atoms. The first kappa shape index (κ1) is 30.5. The summed E-state index contributed by atoms with van der Waals surface area (Å²) in [5.41, 5.74) is 9.65. The molecule has 2 heteroatoms. The van der Waals surface area contributed by atoms with Crippen LogP contribution in [0.3, 0.4) is 0 Å². The Kier molecular flexibility index (Phi) is 6.90. The maximum atomic E-state index is 6.92. The van der Waals surface area contributed by atoms with Gasteiger partial charge >= 0.3 is 0 Å². The van der Waals surface area contributed by atoms with Gasteiger partial charge in [-0.1, -0.05) is 146 Å². The number of benzene rings is 10. The number of hydrogen-bond acceptors (Lipinski definition) is 2. The minimum Gasteiger partial charge on any atom is -0.455 e. The summed E-state index contributed by atoms with van der Waals surface area (Å²) in [6, 6.07) is 72.0. The van der Waals surface area contributed by atoms with E-state index in [-0.39, 0.29) is 0 Å². The molecule has 0 N–H and O–H groups in total. The van der Waals surface area contributed by atoms with Crippen LogP contribution in [0.25, 0.3) is 87.3 Å². The van der Waals surface area contributed by atoms with Gasteiger partial charge in [0, 0.05) is 39.5 Å². The molecular weight excluding hydrogens is 655 g/mol. The van der Waals surface area contributed by atoms with E-state index in [1.54, 1.807) is 0 Å². The van der Waals surface area contributed by atoms with E-state index in [9.17, 15) is 0 Å². The van der Waals surface area contributed by atoms with Crippen LogP contribution in [0.4, 0.5) is 17.1 Å². The van der Waals surface area contributed by atoms with Crippen molar-refractivity contribution < 1.29 is 4.42 Å². The minimum absolute atomic E-state index is 0.864. The average Bonchev–Trinajstić information content (AvgIpc) is 3.61. The van der Waals surface area contributed by atoms with E-state index in [1.165, 1.54) is 54.2 Å². The molecule has 0 atom stereocenters. The predicted molar refractivity (Wildman–Crippen MR) is 229 cm³/mol. The van der Waals surface area contributed by atoms with E-state index in [4.69, 9.17) is 4.42 Å². The molecule has 0 bridgehead atoms. The molecule has 10 aromatic carbocycles. The van der Waals surface area contributed by atoms with Crippen molar-refractivity contribution in [3.8, 4) is 22.3 Å². The van der Waals surface area contributed by atoms with Crippen LogP contribution in [0.1, 0.15) is 0 Å². The molecule has 2 nitrogen and oxygen atoms in total. The number of nitrogens with zero attached hydrogens (tertiary/aromatic N) is 1. The standard InChI is InChI=1S/C52H33NO/c1-3-14-38(15-4-1)53(39-16-5-2-6-17-39)40-28-30-47-49-32-37-13-7-8-18-41(37)51(52(49)54-50(47)33-40)35-25-23-34(24-26-35)36-27-29-46-44-21-10-9-19-42(44)43-20-11-12-22-45(43)48(46)31-36/h1-33H. The van der Waals surface area contributed by atoms with Gasteiger partial charge in [-0.15, -0.1) is 0 Å². The summed E-state index contributed by atoms with van der Waals surface area (Å²) in [5, 5.41) is 12.3. The van der Waals surface area contributed by atoms with Crippen LogP contribution in [0, 0.1) is 0 Å².